The largest absolute Gasteiger partial charge is 0.398 e. The average molecular weight is 318 g/mol. The first-order valence-electron chi connectivity index (χ1n) is 7.01. The molecule has 0 radical (unpaired) electrons. The third-order valence-corrected chi connectivity index (χ3v) is 3.92. The quantitative estimate of drug-likeness (QED) is 0.839. The van der Waals surface area contributed by atoms with Crippen LogP contribution in [0.25, 0.3) is 0 Å². The van der Waals surface area contributed by atoms with Gasteiger partial charge in [0.15, 0.2) is 0 Å². The number of carbonyl (C=O) groups is 1. The number of nitrogens with two attached hydrogens (primary N) is 1. The second-order valence-corrected chi connectivity index (χ2v) is 5.82. The van der Waals surface area contributed by atoms with E-state index in [0.717, 1.165) is 23.5 Å². The molecule has 3 rings (SSSR count). The summed E-state index contributed by atoms with van der Waals surface area (Å²) in [5.41, 5.74) is 8.03. The molecule has 0 spiro atoms. The van der Waals surface area contributed by atoms with Gasteiger partial charge in [0.2, 0.25) is 5.91 Å². The number of pyridine rings is 1. The van der Waals surface area contributed by atoms with Crippen LogP contribution < -0.4 is 11.1 Å². The monoisotopic (exact) mass is 317 g/mol. The van der Waals surface area contributed by atoms with Gasteiger partial charge in [-0.05, 0) is 25.5 Å². The molecule has 0 aliphatic heterocycles. The number of aryl methyl sites for hydroxylation is 1. The van der Waals surface area contributed by atoms with Gasteiger partial charge in [0.25, 0.3) is 0 Å². The lowest BCUT2D eigenvalue weighted by atomic mass is 10.2. The van der Waals surface area contributed by atoms with Crippen LogP contribution in [0.1, 0.15) is 29.4 Å². The summed E-state index contributed by atoms with van der Waals surface area (Å²) in [4.78, 5) is 24.8. The van der Waals surface area contributed by atoms with Crippen LogP contribution in [0.3, 0.4) is 0 Å². The molecule has 1 fully saturated rings. The van der Waals surface area contributed by atoms with Crippen molar-refractivity contribution in [3.63, 3.8) is 0 Å². The minimum absolute atomic E-state index is 0.00976. The number of hydrogen-bond donors (Lipinski definition) is 2. The van der Waals surface area contributed by atoms with Gasteiger partial charge in [-0.15, -0.1) is 0 Å². The Kier molecular flexibility index (Phi) is 3.94. The van der Waals surface area contributed by atoms with Crippen LogP contribution in [-0.4, -0.2) is 20.9 Å². The van der Waals surface area contributed by atoms with E-state index >= 15 is 0 Å². The lowest BCUT2D eigenvalue weighted by molar-refractivity contribution is -0.122. The number of carbonyl (C=O) groups excluding carboxylic acids is 1. The lowest BCUT2D eigenvalue weighted by Crippen LogP contribution is -2.25. The number of hydrogen-bond acceptors (Lipinski definition) is 5. The Bertz CT molecular complexity index is 721. The highest BCUT2D eigenvalue weighted by molar-refractivity contribution is 6.29. The summed E-state index contributed by atoms with van der Waals surface area (Å²) in [6.07, 6.45) is 4.08. The maximum atomic E-state index is 12.2. The van der Waals surface area contributed by atoms with Crippen LogP contribution in [0.2, 0.25) is 5.15 Å². The van der Waals surface area contributed by atoms with Crippen molar-refractivity contribution >= 4 is 23.2 Å². The summed E-state index contributed by atoms with van der Waals surface area (Å²) in [6.45, 7) is 2.26. The number of nitrogens with zero attached hydrogens (tertiary/aromatic N) is 3. The number of halogens is 1. The van der Waals surface area contributed by atoms with Crippen LogP contribution in [0.5, 0.6) is 0 Å². The Balaban J connectivity index is 1.58. The number of anilines is 1. The molecule has 2 aromatic rings. The first kappa shape index (κ1) is 14.7. The second-order valence-electron chi connectivity index (χ2n) is 5.43. The van der Waals surface area contributed by atoms with Crippen molar-refractivity contribution in [2.45, 2.75) is 25.8 Å². The van der Waals surface area contributed by atoms with Crippen molar-refractivity contribution in [3.05, 3.63) is 46.8 Å². The lowest BCUT2D eigenvalue weighted by Gasteiger charge is -2.07. The molecule has 7 heteroatoms. The Morgan fingerprint density at radius 1 is 1.50 bits per heavy atom. The van der Waals surface area contributed by atoms with E-state index in [1.54, 1.807) is 18.5 Å². The summed E-state index contributed by atoms with van der Waals surface area (Å²) in [5, 5.41) is 3.22. The molecule has 2 aromatic heterocycles. The summed E-state index contributed by atoms with van der Waals surface area (Å²) >= 11 is 5.75. The van der Waals surface area contributed by atoms with Gasteiger partial charge >= 0.3 is 0 Å². The van der Waals surface area contributed by atoms with E-state index in [1.807, 2.05) is 13.0 Å². The van der Waals surface area contributed by atoms with Crippen LogP contribution in [0.15, 0.2) is 24.5 Å². The van der Waals surface area contributed by atoms with Gasteiger partial charge in [0.1, 0.15) is 11.0 Å². The fourth-order valence-electron chi connectivity index (χ4n) is 2.35. The fraction of sp³-hybridized carbons (Fsp3) is 0.333. The summed E-state index contributed by atoms with van der Waals surface area (Å²) in [5.74, 6) is 0.779. The van der Waals surface area contributed by atoms with Gasteiger partial charge in [-0.1, -0.05) is 11.6 Å². The molecular formula is C15H16ClN5O. The normalized spacial score (nSPS) is 19.7. The van der Waals surface area contributed by atoms with Crippen molar-refractivity contribution in [2.75, 3.05) is 5.73 Å². The SMILES string of the molecule is Cc1ccnc(C2CC2C(=O)NCc2cnc(Cl)cc2N)n1. The van der Waals surface area contributed by atoms with E-state index in [-0.39, 0.29) is 17.7 Å². The minimum atomic E-state index is -0.0664. The molecule has 2 heterocycles. The van der Waals surface area contributed by atoms with Crippen molar-refractivity contribution in [1.29, 1.82) is 0 Å². The molecule has 2 atom stereocenters. The summed E-state index contributed by atoms with van der Waals surface area (Å²) < 4.78 is 0. The molecule has 1 amide bonds. The molecular weight excluding hydrogens is 302 g/mol. The van der Waals surface area contributed by atoms with E-state index in [0.29, 0.717) is 17.4 Å². The van der Waals surface area contributed by atoms with Crippen LogP contribution in [0.4, 0.5) is 5.69 Å². The molecule has 1 saturated carbocycles. The second kappa shape index (κ2) is 5.88. The highest BCUT2D eigenvalue weighted by Gasteiger charge is 2.45. The maximum absolute atomic E-state index is 12.2. The first-order valence-corrected chi connectivity index (χ1v) is 7.39. The zero-order valence-electron chi connectivity index (χ0n) is 12.1. The van der Waals surface area contributed by atoms with Gasteiger partial charge in [0, 0.05) is 47.7 Å². The topological polar surface area (TPSA) is 93.8 Å². The third kappa shape index (κ3) is 3.17. The van der Waals surface area contributed by atoms with E-state index in [4.69, 9.17) is 17.3 Å². The predicted octanol–water partition coefficient (Wildman–Crippen LogP) is 1.84. The molecule has 0 aromatic carbocycles. The predicted molar refractivity (Wildman–Crippen MR) is 83.1 cm³/mol. The molecule has 3 N–H and O–H groups in total. The van der Waals surface area contributed by atoms with Gasteiger partial charge in [0.05, 0.1) is 0 Å². The van der Waals surface area contributed by atoms with E-state index in [2.05, 4.69) is 20.3 Å². The molecule has 1 aliphatic carbocycles. The zero-order chi connectivity index (χ0) is 15.7. The first-order chi connectivity index (χ1) is 10.5. The van der Waals surface area contributed by atoms with Crippen molar-refractivity contribution < 1.29 is 4.79 Å². The van der Waals surface area contributed by atoms with Crippen molar-refractivity contribution in [3.8, 4) is 0 Å². The highest BCUT2D eigenvalue weighted by atomic mass is 35.5. The molecule has 114 valence electrons. The molecule has 0 bridgehead atoms. The minimum Gasteiger partial charge on any atom is -0.398 e. The smallest absolute Gasteiger partial charge is 0.224 e. The Labute approximate surface area is 133 Å². The fourth-order valence-corrected chi connectivity index (χ4v) is 2.52. The van der Waals surface area contributed by atoms with E-state index < -0.39 is 0 Å². The Morgan fingerprint density at radius 2 is 2.32 bits per heavy atom. The van der Waals surface area contributed by atoms with E-state index in [9.17, 15) is 4.79 Å². The number of rotatable bonds is 4. The molecule has 0 saturated heterocycles. The average Bonchev–Trinajstić information content (AvgIpc) is 3.26. The number of amides is 1. The highest BCUT2D eigenvalue weighted by Crippen LogP contribution is 2.46. The Hall–Kier alpha value is -2.21. The third-order valence-electron chi connectivity index (χ3n) is 3.71. The number of aromatic nitrogens is 3. The standard InChI is InChI=1S/C15H16ClN5O/c1-8-2-3-18-14(21-8)10-4-11(10)15(22)20-7-9-6-19-13(16)5-12(9)17/h2-3,5-6,10-11H,4,7H2,1H3,(H2,17,19)(H,20,22). The van der Waals surface area contributed by atoms with E-state index in [1.165, 1.54) is 0 Å². The summed E-state index contributed by atoms with van der Waals surface area (Å²) in [7, 11) is 0. The van der Waals surface area contributed by atoms with Gasteiger partial charge < -0.3 is 11.1 Å². The number of nitrogens with one attached hydrogen (secondary N) is 1. The molecule has 1 aliphatic rings. The molecule has 6 nitrogen and oxygen atoms in total. The van der Waals surface area contributed by atoms with Gasteiger partial charge in [-0.2, -0.15) is 0 Å². The number of nitrogen functional groups attached to an aromatic ring is 1. The summed E-state index contributed by atoms with van der Waals surface area (Å²) in [6, 6.07) is 3.42. The van der Waals surface area contributed by atoms with Crippen LogP contribution in [-0.2, 0) is 11.3 Å². The zero-order valence-corrected chi connectivity index (χ0v) is 12.8. The van der Waals surface area contributed by atoms with Gasteiger partial charge in [-0.3, -0.25) is 4.79 Å². The van der Waals surface area contributed by atoms with Crippen molar-refractivity contribution in [2.24, 2.45) is 5.92 Å². The van der Waals surface area contributed by atoms with Crippen LogP contribution in [0, 0.1) is 12.8 Å². The van der Waals surface area contributed by atoms with Crippen LogP contribution >= 0.6 is 11.6 Å². The van der Waals surface area contributed by atoms with Gasteiger partial charge in [-0.25, -0.2) is 15.0 Å². The Morgan fingerprint density at radius 3 is 3.05 bits per heavy atom. The maximum Gasteiger partial charge on any atom is 0.224 e. The molecule has 2 unspecified atom stereocenters. The van der Waals surface area contributed by atoms with Crippen molar-refractivity contribution in [1.82, 2.24) is 20.3 Å². The molecule has 22 heavy (non-hydrogen) atoms.